The molecule has 0 spiro atoms. The van der Waals surface area contributed by atoms with Crippen molar-refractivity contribution in [3.63, 3.8) is 0 Å². The fraction of sp³-hybridized carbons (Fsp3) is 0.300. The second kappa shape index (κ2) is 10.3. The predicted octanol–water partition coefficient (Wildman–Crippen LogP) is 3.29. The van der Waals surface area contributed by atoms with Crippen molar-refractivity contribution in [2.45, 2.75) is 25.7 Å². The van der Waals surface area contributed by atoms with Crippen LogP contribution >= 0.6 is 0 Å². The van der Waals surface area contributed by atoms with Crippen LogP contribution in [0.25, 0.3) is 0 Å². The smallest absolute Gasteiger partial charge is 0.307 e. The number of anilines is 1. The first-order valence-electron chi connectivity index (χ1n) is 8.36. The Kier molecular flexibility index (Phi) is 7.66. The van der Waals surface area contributed by atoms with Crippen molar-refractivity contribution in [1.82, 2.24) is 0 Å². The van der Waals surface area contributed by atoms with Gasteiger partial charge in [-0.15, -0.1) is 0 Å². The van der Waals surface area contributed by atoms with Gasteiger partial charge in [0.15, 0.2) is 0 Å². The van der Waals surface area contributed by atoms with E-state index in [1.807, 2.05) is 18.2 Å². The summed E-state index contributed by atoms with van der Waals surface area (Å²) in [5, 5.41) is 11.6. The van der Waals surface area contributed by atoms with Crippen LogP contribution in [0.4, 0.5) is 5.69 Å². The lowest BCUT2D eigenvalue weighted by Gasteiger charge is -2.07. The first-order valence-corrected chi connectivity index (χ1v) is 8.36. The van der Waals surface area contributed by atoms with Gasteiger partial charge in [-0.1, -0.05) is 42.5 Å². The lowest BCUT2D eigenvalue weighted by atomic mass is 10.1. The maximum Gasteiger partial charge on any atom is 0.307 e. The molecule has 0 fully saturated rings. The van der Waals surface area contributed by atoms with Gasteiger partial charge in [-0.2, -0.15) is 0 Å². The van der Waals surface area contributed by atoms with Gasteiger partial charge in [-0.25, -0.2) is 0 Å². The molecule has 0 heterocycles. The third-order valence-corrected chi connectivity index (χ3v) is 3.64. The highest BCUT2D eigenvalue weighted by molar-refractivity contribution is 5.90. The molecule has 0 aliphatic rings. The maximum atomic E-state index is 11.9. The Morgan fingerprint density at radius 1 is 0.960 bits per heavy atom. The molecule has 0 aliphatic heterocycles. The van der Waals surface area contributed by atoms with Crippen LogP contribution in [0.5, 0.6) is 0 Å². The zero-order valence-corrected chi connectivity index (χ0v) is 14.1. The van der Waals surface area contributed by atoms with E-state index in [0.717, 1.165) is 6.42 Å². The highest BCUT2D eigenvalue weighted by Gasteiger charge is 2.05. The standard InChI is InChI=1S/C20H23NO4/c22-19(21-18-9-4-8-17(14-18)15-20(23)24)10-5-12-25-13-11-16-6-2-1-3-7-16/h1-4,6-9,14H,5,10-13,15H2,(H,21,22)(H,23,24). The van der Waals surface area contributed by atoms with E-state index < -0.39 is 5.97 Å². The number of ether oxygens (including phenoxy) is 1. The van der Waals surface area contributed by atoms with Crippen LogP contribution in [0.15, 0.2) is 54.6 Å². The molecule has 2 aromatic rings. The number of nitrogens with one attached hydrogen (secondary N) is 1. The molecule has 0 radical (unpaired) electrons. The number of amides is 1. The molecule has 2 N–H and O–H groups in total. The quantitative estimate of drug-likeness (QED) is 0.650. The Morgan fingerprint density at radius 2 is 1.72 bits per heavy atom. The van der Waals surface area contributed by atoms with E-state index in [2.05, 4.69) is 17.4 Å². The largest absolute Gasteiger partial charge is 0.481 e. The van der Waals surface area contributed by atoms with Crippen molar-refractivity contribution in [3.05, 3.63) is 65.7 Å². The summed E-state index contributed by atoms with van der Waals surface area (Å²) in [5.41, 5.74) is 2.52. The van der Waals surface area contributed by atoms with Crippen LogP contribution in [0.2, 0.25) is 0 Å². The molecule has 0 saturated carbocycles. The molecule has 0 aromatic heterocycles. The second-order valence-electron chi connectivity index (χ2n) is 5.77. The van der Waals surface area contributed by atoms with Crippen molar-refractivity contribution >= 4 is 17.6 Å². The molecule has 5 heteroatoms. The van der Waals surface area contributed by atoms with E-state index in [9.17, 15) is 9.59 Å². The van der Waals surface area contributed by atoms with Gasteiger partial charge in [-0.3, -0.25) is 9.59 Å². The molecule has 1 amide bonds. The van der Waals surface area contributed by atoms with Gasteiger partial charge in [0.25, 0.3) is 0 Å². The number of carbonyl (C=O) groups is 2. The Hall–Kier alpha value is -2.66. The van der Waals surface area contributed by atoms with Gasteiger partial charge in [-0.05, 0) is 36.1 Å². The Balaban J connectivity index is 1.61. The van der Waals surface area contributed by atoms with Gasteiger partial charge >= 0.3 is 5.97 Å². The first kappa shape index (κ1) is 18.7. The van der Waals surface area contributed by atoms with Crippen LogP contribution in [0, 0.1) is 0 Å². The summed E-state index contributed by atoms with van der Waals surface area (Å²) in [6.07, 6.45) is 1.83. The average Bonchev–Trinajstić information content (AvgIpc) is 2.58. The molecule has 5 nitrogen and oxygen atoms in total. The molecule has 0 saturated heterocycles. The fourth-order valence-electron chi connectivity index (χ4n) is 2.43. The average molecular weight is 341 g/mol. The highest BCUT2D eigenvalue weighted by Crippen LogP contribution is 2.12. The maximum absolute atomic E-state index is 11.9. The van der Waals surface area contributed by atoms with Crippen LogP contribution in [-0.4, -0.2) is 30.2 Å². The lowest BCUT2D eigenvalue weighted by Crippen LogP contribution is -2.13. The SMILES string of the molecule is O=C(O)Cc1cccc(NC(=O)CCCOCCc2ccccc2)c1. The van der Waals surface area contributed by atoms with E-state index >= 15 is 0 Å². The second-order valence-corrected chi connectivity index (χ2v) is 5.77. The molecule has 2 aromatic carbocycles. The molecule has 2 rings (SSSR count). The van der Waals surface area contributed by atoms with E-state index in [1.54, 1.807) is 24.3 Å². The normalized spacial score (nSPS) is 10.4. The van der Waals surface area contributed by atoms with Crippen LogP contribution in [0.1, 0.15) is 24.0 Å². The van der Waals surface area contributed by atoms with Crippen LogP contribution in [0.3, 0.4) is 0 Å². The number of hydrogen-bond acceptors (Lipinski definition) is 3. The van der Waals surface area contributed by atoms with Crippen LogP contribution in [-0.2, 0) is 27.2 Å². The summed E-state index contributed by atoms with van der Waals surface area (Å²) in [6.45, 7) is 1.18. The Labute approximate surface area is 147 Å². The zero-order chi connectivity index (χ0) is 17.9. The fourth-order valence-corrected chi connectivity index (χ4v) is 2.43. The van der Waals surface area contributed by atoms with Gasteiger partial charge in [0.1, 0.15) is 0 Å². The predicted molar refractivity (Wildman–Crippen MR) is 96.6 cm³/mol. The number of carboxylic acids is 1. The number of hydrogen-bond donors (Lipinski definition) is 2. The van der Waals surface area contributed by atoms with E-state index in [0.29, 0.717) is 37.3 Å². The third-order valence-electron chi connectivity index (χ3n) is 3.64. The van der Waals surface area contributed by atoms with Crippen molar-refractivity contribution in [3.8, 4) is 0 Å². The van der Waals surface area contributed by atoms with E-state index in [4.69, 9.17) is 9.84 Å². The van der Waals surface area contributed by atoms with E-state index in [1.165, 1.54) is 5.56 Å². The summed E-state index contributed by atoms with van der Waals surface area (Å²) in [6, 6.07) is 17.0. The Bertz CT molecular complexity index is 685. The number of aliphatic carboxylic acids is 1. The lowest BCUT2D eigenvalue weighted by molar-refractivity contribution is -0.136. The third kappa shape index (κ3) is 7.63. The summed E-state index contributed by atoms with van der Waals surface area (Å²) in [4.78, 5) is 22.6. The van der Waals surface area contributed by atoms with Crippen molar-refractivity contribution in [2.75, 3.05) is 18.5 Å². The topological polar surface area (TPSA) is 75.6 Å². The molecule has 0 aliphatic carbocycles. The molecule has 25 heavy (non-hydrogen) atoms. The van der Waals surface area contributed by atoms with E-state index in [-0.39, 0.29) is 12.3 Å². The summed E-state index contributed by atoms with van der Waals surface area (Å²) in [5.74, 6) is -0.990. The molecular weight excluding hydrogens is 318 g/mol. The van der Waals surface area contributed by atoms with Crippen molar-refractivity contribution in [2.24, 2.45) is 0 Å². The number of carboxylic acid groups (broad SMARTS) is 1. The van der Waals surface area contributed by atoms with Crippen molar-refractivity contribution < 1.29 is 19.4 Å². The summed E-state index contributed by atoms with van der Waals surface area (Å²) in [7, 11) is 0. The summed E-state index contributed by atoms with van der Waals surface area (Å²) < 4.78 is 5.56. The van der Waals surface area contributed by atoms with Gasteiger partial charge in [0.05, 0.1) is 13.0 Å². The minimum Gasteiger partial charge on any atom is -0.481 e. The minimum atomic E-state index is -0.892. The van der Waals surface area contributed by atoms with Gasteiger partial charge in [0.2, 0.25) is 5.91 Å². The number of benzene rings is 2. The molecule has 0 atom stereocenters. The highest BCUT2D eigenvalue weighted by atomic mass is 16.5. The first-order chi connectivity index (χ1) is 12.1. The van der Waals surface area contributed by atoms with Gasteiger partial charge in [0, 0.05) is 18.7 Å². The van der Waals surface area contributed by atoms with Gasteiger partial charge < -0.3 is 15.2 Å². The monoisotopic (exact) mass is 341 g/mol. The van der Waals surface area contributed by atoms with Crippen molar-refractivity contribution in [1.29, 1.82) is 0 Å². The summed E-state index contributed by atoms with van der Waals surface area (Å²) >= 11 is 0. The Morgan fingerprint density at radius 3 is 2.48 bits per heavy atom. The molecule has 0 unspecified atom stereocenters. The molecule has 132 valence electrons. The minimum absolute atomic E-state index is 0.0566. The zero-order valence-electron chi connectivity index (χ0n) is 14.1. The molecule has 0 bridgehead atoms. The van der Waals surface area contributed by atoms with Crippen LogP contribution < -0.4 is 5.32 Å². The molecular formula is C20H23NO4. The number of rotatable bonds is 10. The number of carbonyl (C=O) groups excluding carboxylic acids is 1.